The van der Waals surface area contributed by atoms with Crippen LogP contribution in [0.4, 0.5) is 5.95 Å². The number of halogens is 2. The van der Waals surface area contributed by atoms with Crippen molar-refractivity contribution in [1.29, 1.82) is 0 Å². The molecule has 0 atom stereocenters. The number of aromatic nitrogens is 4. The molecule has 1 aromatic carbocycles. The molecular weight excluding hydrogens is 253 g/mol. The maximum atomic E-state index is 11.7. The predicted octanol–water partition coefficient (Wildman–Crippen LogP) is 1.76. The molecule has 1 amide bonds. The standard InChI is InChI=1S/C8H5Cl2N5O/c9-4-1-2-6(10)5(3-4)7(16)11-8-12-14-15-13-8/h1-3H,(H2,11,12,13,14,15,16). The van der Waals surface area contributed by atoms with Gasteiger partial charge in [0.05, 0.1) is 10.6 Å². The fraction of sp³-hybridized carbons (Fsp3) is 0. The van der Waals surface area contributed by atoms with Crippen LogP contribution in [0.3, 0.4) is 0 Å². The van der Waals surface area contributed by atoms with Gasteiger partial charge in [0.1, 0.15) is 0 Å². The summed E-state index contributed by atoms with van der Waals surface area (Å²) in [7, 11) is 0. The van der Waals surface area contributed by atoms with E-state index in [9.17, 15) is 4.79 Å². The van der Waals surface area contributed by atoms with Crippen molar-refractivity contribution in [3.63, 3.8) is 0 Å². The molecule has 0 unspecified atom stereocenters. The van der Waals surface area contributed by atoms with Gasteiger partial charge in [-0.05, 0) is 23.4 Å². The SMILES string of the molecule is O=C(Nc1nn[nH]n1)c1cc(Cl)ccc1Cl. The lowest BCUT2D eigenvalue weighted by Gasteiger charge is -2.03. The second kappa shape index (κ2) is 4.46. The van der Waals surface area contributed by atoms with Crippen LogP contribution in [0.2, 0.25) is 10.0 Å². The molecular formula is C8H5Cl2N5O. The summed E-state index contributed by atoms with van der Waals surface area (Å²) in [6.45, 7) is 0. The Morgan fingerprint density at radius 3 is 2.88 bits per heavy atom. The molecule has 0 bridgehead atoms. The van der Waals surface area contributed by atoms with Crippen LogP contribution in [-0.4, -0.2) is 26.5 Å². The average Bonchev–Trinajstić information content (AvgIpc) is 2.74. The predicted molar refractivity (Wildman–Crippen MR) is 58.6 cm³/mol. The summed E-state index contributed by atoms with van der Waals surface area (Å²) in [6, 6.07) is 4.59. The maximum absolute atomic E-state index is 11.7. The Labute approximate surface area is 99.9 Å². The van der Waals surface area contributed by atoms with E-state index in [0.29, 0.717) is 10.0 Å². The van der Waals surface area contributed by atoms with Gasteiger partial charge in [0.2, 0.25) is 0 Å². The minimum absolute atomic E-state index is 0.0704. The van der Waals surface area contributed by atoms with Crippen LogP contribution in [0.5, 0.6) is 0 Å². The molecule has 0 saturated carbocycles. The fourth-order valence-electron chi connectivity index (χ4n) is 1.06. The van der Waals surface area contributed by atoms with Crippen molar-refractivity contribution in [2.45, 2.75) is 0 Å². The van der Waals surface area contributed by atoms with E-state index in [0.717, 1.165) is 0 Å². The van der Waals surface area contributed by atoms with Crippen LogP contribution in [0.1, 0.15) is 10.4 Å². The number of hydrogen-bond acceptors (Lipinski definition) is 4. The number of carbonyl (C=O) groups is 1. The smallest absolute Gasteiger partial charge is 0.270 e. The highest BCUT2D eigenvalue weighted by Crippen LogP contribution is 2.21. The Kier molecular flexibility index (Phi) is 3.02. The van der Waals surface area contributed by atoms with Gasteiger partial charge >= 0.3 is 0 Å². The first-order valence-corrected chi connectivity index (χ1v) is 4.92. The van der Waals surface area contributed by atoms with Crippen molar-refractivity contribution in [2.24, 2.45) is 0 Å². The molecule has 6 nitrogen and oxygen atoms in total. The number of tetrazole rings is 1. The number of carbonyl (C=O) groups excluding carboxylic acids is 1. The van der Waals surface area contributed by atoms with Crippen molar-refractivity contribution in [1.82, 2.24) is 20.6 Å². The molecule has 1 aromatic heterocycles. The second-order valence-corrected chi connectivity index (χ2v) is 3.66. The Bertz CT molecular complexity index is 513. The summed E-state index contributed by atoms with van der Waals surface area (Å²) in [6.07, 6.45) is 0. The number of rotatable bonds is 2. The van der Waals surface area contributed by atoms with Gasteiger partial charge in [-0.1, -0.05) is 28.3 Å². The lowest BCUT2D eigenvalue weighted by atomic mass is 10.2. The number of nitrogens with one attached hydrogen (secondary N) is 2. The third-order valence-electron chi connectivity index (χ3n) is 1.74. The van der Waals surface area contributed by atoms with Crippen LogP contribution < -0.4 is 5.32 Å². The zero-order valence-corrected chi connectivity index (χ0v) is 9.25. The molecule has 0 fully saturated rings. The van der Waals surface area contributed by atoms with E-state index in [1.807, 2.05) is 0 Å². The molecule has 2 N–H and O–H groups in total. The molecule has 0 aliphatic rings. The maximum Gasteiger partial charge on any atom is 0.270 e. The molecule has 0 radical (unpaired) electrons. The van der Waals surface area contributed by atoms with Crippen molar-refractivity contribution < 1.29 is 4.79 Å². The molecule has 0 spiro atoms. The van der Waals surface area contributed by atoms with Crippen molar-refractivity contribution in [2.75, 3.05) is 5.32 Å². The van der Waals surface area contributed by atoms with Gasteiger partial charge in [0, 0.05) is 5.02 Å². The highest BCUT2D eigenvalue weighted by atomic mass is 35.5. The zero-order chi connectivity index (χ0) is 11.5. The molecule has 8 heteroatoms. The largest absolute Gasteiger partial charge is 0.288 e. The monoisotopic (exact) mass is 257 g/mol. The van der Waals surface area contributed by atoms with E-state index in [2.05, 4.69) is 25.9 Å². The van der Waals surface area contributed by atoms with E-state index in [-0.39, 0.29) is 11.5 Å². The van der Waals surface area contributed by atoms with Crippen LogP contribution in [0.15, 0.2) is 18.2 Å². The van der Waals surface area contributed by atoms with Crippen molar-refractivity contribution in [3.05, 3.63) is 33.8 Å². The topological polar surface area (TPSA) is 83.6 Å². The first-order valence-electron chi connectivity index (χ1n) is 4.16. The molecule has 0 aliphatic heterocycles. The van der Waals surface area contributed by atoms with Gasteiger partial charge in [0.25, 0.3) is 11.9 Å². The van der Waals surface area contributed by atoms with Gasteiger partial charge in [-0.2, -0.15) is 5.21 Å². The highest BCUT2D eigenvalue weighted by Gasteiger charge is 2.12. The molecule has 0 aliphatic carbocycles. The minimum atomic E-state index is -0.450. The lowest BCUT2D eigenvalue weighted by Crippen LogP contribution is -2.13. The summed E-state index contributed by atoms with van der Waals surface area (Å²) in [5.41, 5.74) is 0.249. The number of H-pyrrole nitrogens is 1. The van der Waals surface area contributed by atoms with Gasteiger partial charge in [-0.15, -0.1) is 5.10 Å². The van der Waals surface area contributed by atoms with Gasteiger partial charge in [0.15, 0.2) is 0 Å². The summed E-state index contributed by atoms with van der Waals surface area (Å²) in [4.78, 5) is 11.7. The minimum Gasteiger partial charge on any atom is -0.288 e. The third-order valence-corrected chi connectivity index (χ3v) is 2.31. The van der Waals surface area contributed by atoms with Crippen molar-refractivity contribution >= 4 is 35.1 Å². The number of amides is 1. The Morgan fingerprint density at radius 1 is 1.38 bits per heavy atom. The number of hydrogen-bond donors (Lipinski definition) is 2. The molecule has 1 heterocycles. The molecule has 16 heavy (non-hydrogen) atoms. The van der Waals surface area contributed by atoms with Crippen molar-refractivity contribution in [3.8, 4) is 0 Å². The van der Waals surface area contributed by atoms with Crippen LogP contribution >= 0.6 is 23.2 Å². The molecule has 0 saturated heterocycles. The Morgan fingerprint density at radius 2 is 2.19 bits per heavy atom. The molecule has 2 rings (SSSR count). The van der Waals surface area contributed by atoms with Crippen LogP contribution in [-0.2, 0) is 0 Å². The first kappa shape index (κ1) is 10.8. The first-order chi connectivity index (χ1) is 7.66. The van der Waals surface area contributed by atoms with Crippen LogP contribution in [0.25, 0.3) is 0 Å². The van der Waals surface area contributed by atoms with E-state index >= 15 is 0 Å². The zero-order valence-electron chi connectivity index (χ0n) is 7.74. The Hall–Kier alpha value is -1.66. The fourth-order valence-corrected chi connectivity index (χ4v) is 1.43. The Balaban J connectivity index is 2.24. The lowest BCUT2D eigenvalue weighted by molar-refractivity contribution is 0.102. The number of benzene rings is 1. The number of anilines is 1. The summed E-state index contributed by atoms with van der Waals surface area (Å²) in [5.74, 6) is -0.380. The summed E-state index contributed by atoms with van der Waals surface area (Å²) in [5, 5.41) is 15.8. The van der Waals surface area contributed by atoms with E-state index in [1.165, 1.54) is 12.1 Å². The van der Waals surface area contributed by atoms with Gasteiger partial charge in [-0.3, -0.25) is 10.1 Å². The quantitative estimate of drug-likeness (QED) is 0.859. The highest BCUT2D eigenvalue weighted by molar-refractivity contribution is 6.36. The van der Waals surface area contributed by atoms with E-state index < -0.39 is 5.91 Å². The van der Waals surface area contributed by atoms with Crippen LogP contribution in [0, 0.1) is 0 Å². The summed E-state index contributed by atoms with van der Waals surface area (Å²) >= 11 is 11.6. The second-order valence-electron chi connectivity index (χ2n) is 2.81. The van der Waals surface area contributed by atoms with E-state index in [4.69, 9.17) is 23.2 Å². The van der Waals surface area contributed by atoms with E-state index in [1.54, 1.807) is 6.07 Å². The number of nitrogens with zero attached hydrogens (tertiary/aromatic N) is 3. The summed E-state index contributed by atoms with van der Waals surface area (Å²) < 4.78 is 0. The number of aromatic amines is 1. The average molecular weight is 258 g/mol. The normalized spacial score (nSPS) is 10.1. The van der Waals surface area contributed by atoms with Gasteiger partial charge in [-0.25, -0.2) is 0 Å². The van der Waals surface area contributed by atoms with Gasteiger partial charge < -0.3 is 0 Å². The molecule has 2 aromatic rings. The molecule has 82 valence electrons. The third kappa shape index (κ3) is 2.29.